The maximum atomic E-state index is 12.2. The molecule has 1 heterocycles. The molecule has 0 aromatic carbocycles. The van der Waals surface area contributed by atoms with Crippen LogP contribution in [0.25, 0.3) is 0 Å². The highest BCUT2D eigenvalue weighted by Gasteiger charge is 2.14. The van der Waals surface area contributed by atoms with Crippen LogP contribution < -0.4 is 0 Å². The average Bonchev–Trinajstić information content (AvgIpc) is 2.05. The highest BCUT2D eigenvalue weighted by Crippen LogP contribution is 2.12. The smallest absolute Gasteiger partial charge is 0.112 e. The average molecular weight is 157 g/mol. The fourth-order valence-electron chi connectivity index (χ4n) is 1.38. The maximum absolute atomic E-state index is 12.2. The van der Waals surface area contributed by atoms with E-state index in [2.05, 4.69) is 18.7 Å². The number of hydrogen-bond donors (Lipinski definition) is 0. The molecular formula is C9H16FN. The van der Waals surface area contributed by atoms with Crippen molar-refractivity contribution in [1.82, 2.24) is 4.90 Å². The Morgan fingerprint density at radius 2 is 2.36 bits per heavy atom. The molecule has 0 spiro atoms. The number of halogens is 1. The summed E-state index contributed by atoms with van der Waals surface area (Å²) in [7, 11) is 0. The zero-order chi connectivity index (χ0) is 8.27. The molecule has 1 aliphatic rings. The molecule has 0 bridgehead atoms. The normalized spacial score (nSPS) is 20.5. The molecule has 0 N–H and O–H groups in total. The number of rotatable bonds is 2. The third-order valence-electron chi connectivity index (χ3n) is 2.16. The van der Waals surface area contributed by atoms with Gasteiger partial charge < -0.3 is 0 Å². The van der Waals surface area contributed by atoms with Gasteiger partial charge in [-0.2, -0.15) is 0 Å². The highest BCUT2D eigenvalue weighted by molar-refractivity contribution is 5.08. The molecule has 1 nitrogen and oxygen atoms in total. The Balaban J connectivity index is 2.46. The summed E-state index contributed by atoms with van der Waals surface area (Å²) in [6, 6.07) is 0.547. The molecule has 1 aliphatic heterocycles. The van der Waals surface area contributed by atoms with E-state index in [1.807, 2.05) is 6.08 Å². The molecule has 0 amide bonds. The van der Waals surface area contributed by atoms with E-state index >= 15 is 0 Å². The van der Waals surface area contributed by atoms with Gasteiger partial charge in [-0.25, -0.2) is 4.39 Å². The Bertz CT molecular complexity index is 152. The van der Waals surface area contributed by atoms with E-state index in [9.17, 15) is 4.39 Å². The van der Waals surface area contributed by atoms with Gasteiger partial charge in [0.25, 0.3) is 0 Å². The summed E-state index contributed by atoms with van der Waals surface area (Å²) in [6.07, 6.45) is 3.04. The third-order valence-corrected chi connectivity index (χ3v) is 2.16. The van der Waals surface area contributed by atoms with Crippen molar-refractivity contribution in [2.75, 3.05) is 19.8 Å². The molecule has 11 heavy (non-hydrogen) atoms. The predicted octanol–water partition coefficient (Wildman–Crippen LogP) is 2.00. The molecule has 0 aromatic rings. The summed E-state index contributed by atoms with van der Waals surface area (Å²) in [5.74, 6) is 0. The second kappa shape index (κ2) is 3.86. The molecule has 0 aromatic heterocycles. The van der Waals surface area contributed by atoms with Crippen LogP contribution in [-0.2, 0) is 0 Å². The van der Waals surface area contributed by atoms with E-state index in [-0.39, 0.29) is 6.67 Å². The Morgan fingerprint density at radius 1 is 1.64 bits per heavy atom. The van der Waals surface area contributed by atoms with E-state index in [4.69, 9.17) is 0 Å². The standard InChI is InChI=1S/C9H16FN/c1-8(2)11-5-3-4-9(6-10)7-11/h4,8H,3,5-7H2,1-2H3. The molecule has 64 valence electrons. The van der Waals surface area contributed by atoms with Crippen LogP contribution in [0.1, 0.15) is 20.3 Å². The van der Waals surface area contributed by atoms with Crippen molar-refractivity contribution in [3.05, 3.63) is 11.6 Å². The Hall–Kier alpha value is -0.370. The van der Waals surface area contributed by atoms with Crippen molar-refractivity contribution < 1.29 is 4.39 Å². The lowest BCUT2D eigenvalue weighted by Gasteiger charge is -2.29. The summed E-state index contributed by atoms with van der Waals surface area (Å²) in [5.41, 5.74) is 0.949. The molecule has 0 unspecified atom stereocenters. The van der Waals surface area contributed by atoms with Crippen LogP contribution in [0.3, 0.4) is 0 Å². The molecule has 2 heteroatoms. The number of nitrogens with zero attached hydrogens (tertiary/aromatic N) is 1. The second-order valence-electron chi connectivity index (χ2n) is 3.35. The molecule has 0 aliphatic carbocycles. The monoisotopic (exact) mass is 157 g/mol. The minimum Gasteiger partial charge on any atom is -0.297 e. The number of hydrogen-bond acceptors (Lipinski definition) is 1. The van der Waals surface area contributed by atoms with Gasteiger partial charge in [-0.1, -0.05) is 6.08 Å². The van der Waals surface area contributed by atoms with E-state index in [1.54, 1.807) is 0 Å². The highest BCUT2D eigenvalue weighted by atomic mass is 19.1. The van der Waals surface area contributed by atoms with Crippen LogP contribution in [-0.4, -0.2) is 30.7 Å². The first kappa shape index (κ1) is 8.72. The Kier molecular flexibility index (Phi) is 3.06. The van der Waals surface area contributed by atoms with Gasteiger partial charge in [-0.3, -0.25) is 4.90 Å². The van der Waals surface area contributed by atoms with Gasteiger partial charge in [0.1, 0.15) is 6.67 Å². The largest absolute Gasteiger partial charge is 0.297 e. The van der Waals surface area contributed by atoms with E-state index in [0.29, 0.717) is 6.04 Å². The van der Waals surface area contributed by atoms with Gasteiger partial charge >= 0.3 is 0 Å². The minimum absolute atomic E-state index is 0.275. The van der Waals surface area contributed by atoms with Gasteiger partial charge in [0, 0.05) is 19.1 Å². The fraction of sp³-hybridized carbons (Fsp3) is 0.778. The van der Waals surface area contributed by atoms with E-state index in [0.717, 1.165) is 25.1 Å². The van der Waals surface area contributed by atoms with Crippen LogP contribution in [0.15, 0.2) is 11.6 Å². The molecule has 0 atom stereocenters. The second-order valence-corrected chi connectivity index (χ2v) is 3.35. The lowest BCUT2D eigenvalue weighted by atomic mass is 10.1. The zero-order valence-electron chi connectivity index (χ0n) is 7.31. The summed E-state index contributed by atoms with van der Waals surface area (Å²) in [5, 5.41) is 0. The van der Waals surface area contributed by atoms with Gasteiger partial charge in [0.15, 0.2) is 0 Å². The van der Waals surface area contributed by atoms with Crippen molar-refractivity contribution in [2.45, 2.75) is 26.3 Å². The summed E-state index contributed by atoms with van der Waals surface area (Å²) in [4.78, 5) is 2.30. The van der Waals surface area contributed by atoms with Crippen LogP contribution in [0.2, 0.25) is 0 Å². The molecule has 0 saturated heterocycles. The van der Waals surface area contributed by atoms with E-state index < -0.39 is 0 Å². The van der Waals surface area contributed by atoms with Gasteiger partial charge in [-0.05, 0) is 25.8 Å². The summed E-state index contributed by atoms with van der Waals surface area (Å²) >= 11 is 0. The SMILES string of the molecule is CC(C)N1CCC=C(CF)C1. The van der Waals surface area contributed by atoms with Crippen molar-refractivity contribution in [2.24, 2.45) is 0 Å². The van der Waals surface area contributed by atoms with Crippen molar-refractivity contribution in [1.29, 1.82) is 0 Å². The van der Waals surface area contributed by atoms with Crippen LogP contribution in [0.5, 0.6) is 0 Å². The van der Waals surface area contributed by atoms with E-state index in [1.165, 1.54) is 0 Å². The number of alkyl halides is 1. The van der Waals surface area contributed by atoms with Crippen molar-refractivity contribution >= 4 is 0 Å². The van der Waals surface area contributed by atoms with Crippen molar-refractivity contribution in [3.8, 4) is 0 Å². The maximum Gasteiger partial charge on any atom is 0.112 e. The lowest BCUT2D eigenvalue weighted by molar-refractivity contribution is 0.230. The van der Waals surface area contributed by atoms with Gasteiger partial charge in [0.2, 0.25) is 0 Å². The van der Waals surface area contributed by atoms with Crippen LogP contribution in [0, 0.1) is 0 Å². The van der Waals surface area contributed by atoms with Crippen molar-refractivity contribution in [3.63, 3.8) is 0 Å². The first-order valence-electron chi connectivity index (χ1n) is 4.22. The zero-order valence-corrected chi connectivity index (χ0v) is 7.31. The molecule has 1 rings (SSSR count). The fourth-order valence-corrected chi connectivity index (χ4v) is 1.38. The lowest BCUT2D eigenvalue weighted by Crippen LogP contribution is -2.36. The first-order valence-corrected chi connectivity index (χ1v) is 4.22. The molecule has 0 fully saturated rings. The third kappa shape index (κ3) is 2.29. The molecule has 0 saturated carbocycles. The van der Waals surface area contributed by atoms with Crippen LogP contribution in [0.4, 0.5) is 4.39 Å². The Labute approximate surface area is 67.9 Å². The molecular weight excluding hydrogens is 141 g/mol. The summed E-state index contributed by atoms with van der Waals surface area (Å²) < 4.78 is 12.2. The van der Waals surface area contributed by atoms with Gasteiger partial charge in [0.05, 0.1) is 0 Å². The molecule has 0 radical (unpaired) electrons. The first-order chi connectivity index (χ1) is 5.24. The van der Waals surface area contributed by atoms with Crippen LogP contribution >= 0.6 is 0 Å². The quantitative estimate of drug-likeness (QED) is 0.554. The minimum atomic E-state index is -0.275. The predicted molar refractivity (Wildman–Crippen MR) is 45.4 cm³/mol. The Morgan fingerprint density at radius 3 is 2.91 bits per heavy atom. The topological polar surface area (TPSA) is 3.24 Å². The summed E-state index contributed by atoms with van der Waals surface area (Å²) in [6.45, 7) is 5.95. The van der Waals surface area contributed by atoms with Gasteiger partial charge in [-0.15, -0.1) is 0 Å².